The van der Waals surface area contributed by atoms with Crippen LogP contribution < -0.4 is 21.5 Å². The van der Waals surface area contributed by atoms with Crippen LogP contribution in [-0.2, 0) is 32.2 Å². The van der Waals surface area contributed by atoms with Crippen molar-refractivity contribution in [1.29, 1.82) is 5.41 Å². The van der Waals surface area contributed by atoms with E-state index in [0.717, 1.165) is 27.6 Å². The first-order valence-corrected chi connectivity index (χ1v) is 15.8. The average Bonchev–Trinajstić information content (AvgIpc) is 3.77. The van der Waals surface area contributed by atoms with Crippen LogP contribution in [0.2, 0.25) is 4.34 Å². The summed E-state index contributed by atoms with van der Waals surface area (Å²) in [5.74, 6) is -2.41. The van der Waals surface area contributed by atoms with E-state index in [-0.39, 0.29) is 39.0 Å². The average molecular weight is 677 g/mol. The first kappa shape index (κ1) is 29.6. The largest absolute Gasteiger partial charge is 0.477 e. The Labute approximate surface area is 264 Å². The number of imidazole rings is 1. The molecule has 0 spiro atoms. The second-order valence-electron chi connectivity index (χ2n) is 9.54. The van der Waals surface area contributed by atoms with Crippen LogP contribution >= 0.6 is 46.0 Å². The Balaban J connectivity index is 1.23. The number of β-lactam (4-membered cyclic amide) rings is 1. The molecule has 2 aliphatic rings. The van der Waals surface area contributed by atoms with Crippen molar-refractivity contribution in [2.24, 2.45) is 10.9 Å². The molecular formula is C24H23ClN11O5S3+. The van der Waals surface area contributed by atoms with Crippen LogP contribution in [0.4, 0.5) is 5.13 Å². The number of carboxylic acids is 1. The molecule has 0 saturated carbocycles. The number of thioether (sulfide) groups is 1. The van der Waals surface area contributed by atoms with E-state index in [2.05, 4.69) is 25.4 Å². The number of fused-ring (bicyclic) bond motifs is 2. The number of H-pyrrole nitrogens is 1. The Kier molecular flexibility index (Phi) is 7.78. The molecule has 20 heteroatoms. The van der Waals surface area contributed by atoms with Crippen molar-refractivity contribution in [3.05, 3.63) is 61.5 Å². The summed E-state index contributed by atoms with van der Waals surface area (Å²) in [4.78, 5) is 56.5. The predicted octanol–water partition coefficient (Wildman–Crippen LogP) is 0.368. The third-order valence-corrected chi connectivity index (χ3v) is 10.1. The first-order valence-electron chi connectivity index (χ1n) is 12.7. The fourth-order valence-corrected chi connectivity index (χ4v) is 8.05. The van der Waals surface area contributed by atoms with E-state index >= 15 is 0 Å². The highest BCUT2D eigenvalue weighted by molar-refractivity contribution is 8.00. The van der Waals surface area contributed by atoms with E-state index in [4.69, 9.17) is 33.3 Å². The van der Waals surface area contributed by atoms with E-state index < -0.39 is 29.2 Å². The third kappa shape index (κ3) is 5.16. The Morgan fingerprint density at radius 3 is 2.86 bits per heavy atom. The summed E-state index contributed by atoms with van der Waals surface area (Å²) >= 11 is 9.83. The number of carbonyl (C=O) groups is 3. The molecule has 0 aliphatic carbocycles. The van der Waals surface area contributed by atoms with Gasteiger partial charge in [0.15, 0.2) is 23.0 Å². The van der Waals surface area contributed by atoms with E-state index in [0.29, 0.717) is 23.4 Å². The van der Waals surface area contributed by atoms with Gasteiger partial charge in [0, 0.05) is 29.3 Å². The van der Waals surface area contributed by atoms with Crippen molar-refractivity contribution in [2.75, 3.05) is 18.6 Å². The zero-order valence-electron chi connectivity index (χ0n) is 22.6. The summed E-state index contributed by atoms with van der Waals surface area (Å²) in [5.41, 5.74) is 13.5. The number of aromatic amines is 1. The number of nitrogens with zero attached hydrogens (tertiary/aromatic N) is 6. The van der Waals surface area contributed by atoms with Gasteiger partial charge in [-0.15, -0.1) is 32.3 Å². The Hall–Kier alpha value is -4.46. The van der Waals surface area contributed by atoms with Crippen LogP contribution in [0, 0.1) is 5.41 Å². The maximum atomic E-state index is 13.3. The van der Waals surface area contributed by atoms with Crippen molar-refractivity contribution >= 4 is 86.1 Å². The molecule has 4 aromatic rings. The van der Waals surface area contributed by atoms with Crippen LogP contribution in [0.15, 0.2) is 40.4 Å². The number of amidine groups is 1. The monoisotopic (exact) mass is 676 g/mol. The van der Waals surface area contributed by atoms with Crippen LogP contribution in [-0.4, -0.2) is 83.1 Å². The van der Waals surface area contributed by atoms with Gasteiger partial charge in [-0.25, -0.2) is 14.8 Å². The number of carboxylic acid groups (broad SMARTS) is 1. The standard InChI is InChI=1S/C24H22ClN11O5S3/c1-41-33-14(13-17(25)44-24(28)32-13)20(37)31-15-21(38)36-16(23(39)40)10(7-43-22(15)36)6-34-5-9(19-29-2-3-35(19)34)4-12-30-11(8-42-12)18(26)27/h2-3,5,8,15,22H,4,6-7H2,1H3,(H7,26,27,28,31,32,37,39,40)/p+1/b33-14-/t15-,22-/m1/s1. The molecule has 0 radical (unpaired) electrons. The number of amides is 2. The molecule has 8 N–H and O–H groups in total. The fraction of sp³-hybridized carbons (Fsp3) is 0.250. The van der Waals surface area contributed by atoms with Crippen molar-refractivity contribution in [3.8, 4) is 0 Å². The highest BCUT2D eigenvalue weighted by atomic mass is 35.5. The number of hydrogen-bond donors (Lipinski definition) is 6. The van der Waals surface area contributed by atoms with Crippen molar-refractivity contribution in [1.82, 2.24) is 29.7 Å². The maximum absolute atomic E-state index is 13.3. The van der Waals surface area contributed by atoms with Gasteiger partial charge in [0.2, 0.25) is 6.20 Å². The van der Waals surface area contributed by atoms with E-state index in [9.17, 15) is 19.5 Å². The zero-order chi connectivity index (χ0) is 31.3. The van der Waals surface area contributed by atoms with Gasteiger partial charge in [-0.2, -0.15) is 0 Å². The summed E-state index contributed by atoms with van der Waals surface area (Å²) in [7, 11) is 1.24. The lowest BCUT2D eigenvalue weighted by Crippen LogP contribution is -2.71. The van der Waals surface area contributed by atoms with Gasteiger partial charge >= 0.3 is 5.97 Å². The summed E-state index contributed by atoms with van der Waals surface area (Å²) in [6, 6.07) is -1.01. The normalized spacial score (nSPS) is 18.4. The number of rotatable bonds is 10. The van der Waals surface area contributed by atoms with E-state index in [1.165, 1.54) is 35.1 Å². The SMILES string of the molecule is CO/N=C(\C(=O)N[C@@H]1C(=O)N2C(C(=O)O)=C(C[n+]3cc(Cc4nc(C(=N)N)cs4)c4[nH]ccn43)CS[C@H]12)c1nc(N)sc1Cl. The van der Waals surface area contributed by atoms with E-state index in [1.54, 1.807) is 11.6 Å². The number of nitrogen functional groups attached to an aromatic ring is 2. The van der Waals surface area contributed by atoms with Gasteiger partial charge in [0.05, 0.1) is 16.8 Å². The van der Waals surface area contributed by atoms with Crippen molar-refractivity contribution in [3.63, 3.8) is 0 Å². The lowest BCUT2D eigenvalue weighted by Gasteiger charge is -2.49. The number of aromatic nitrogens is 5. The first-order chi connectivity index (χ1) is 21.1. The molecule has 2 amide bonds. The predicted molar refractivity (Wildman–Crippen MR) is 163 cm³/mol. The number of anilines is 1. The van der Waals surface area contributed by atoms with Crippen molar-refractivity contribution < 1.29 is 29.0 Å². The summed E-state index contributed by atoms with van der Waals surface area (Å²) in [6.45, 7) is 0.187. The molecule has 0 bridgehead atoms. The number of carbonyl (C=O) groups excluding carboxylic acids is 2. The van der Waals surface area contributed by atoms with Crippen LogP contribution in [0.5, 0.6) is 0 Å². The summed E-state index contributed by atoms with van der Waals surface area (Å²) < 4.78 is 3.82. The summed E-state index contributed by atoms with van der Waals surface area (Å²) in [5, 5.41) is 26.1. The minimum atomic E-state index is -1.25. The van der Waals surface area contributed by atoms with Gasteiger partial charge in [0.25, 0.3) is 11.8 Å². The number of hydrogen-bond acceptors (Lipinski definition) is 12. The quantitative estimate of drug-likeness (QED) is 0.0444. The Morgan fingerprint density at radius 1 is 1.41 bits per heavy atom. The molecule has 1 fully saturated rings. The minimum Gasteiger partial charge on any atom is -0.477 e. The lowest BCUT2D eigenvalue weighted by molar-refractivity contribution is -0.753. The number of nitrogens with two attached hydrogens (primary N) is 2. The highest BCUT2D eigenvalue weighted by Crippen LogP contribution is 2.40. The van der Waals surface area contributed by atoms with Gasteiger partial charge in [-0.1, -0.05) is 28.1 Å². The summed E-state index contributed by atoms with van der Waals surface area (Å²) in [6.07, 6.45) is 5.92. The topological polar surface area (TPSA) is 234 Å². The number of nitrogens with one attached hydrogen (secondary N) is 3. The fourth-order valence-electron chi connectivity index (χ4n) is 4.97. The number of halogens is 1. The molecule has 1 saturated heterocycles. The molecule has 16 nitrogen and oxygen atoms in total. The van der Waals surface area contributed by atoms with Gasteiger partial charge < -0.3 is 31.7 Å². The van der Waals surface area contributed by atoms with Gasteiger partial charge in [0.1, 0.15) is 45.8 Å². The molecular weight excluding hydrogens is 654 g/mol. The van der Waals surface area contributed by atoms with Crippen molar-refractivity contribution in [2.45, 2.75) is 24.4 Å². The molecule has 6 heterocycles. The molecule has 2 atom stereocenters. The van der Waals surface area contributed by atoms with Crippen LogP contribution in [0.25, 0.3) is 5.65 Å². The minimum absolute atomic E-state index is 0.00988. The third-order valence-electron chi connectivity index (χ3n) is 6.83. The maximum Gasteiger partial charge on any atom is 0.352 e. The Bertz CT molecular complexity index is 1910. The Morgan fingerprint density at radius 2 is 2.20 bits per heavy atom. The molecule has 2 aliphatic heterocycles. The zero-order valence-corrected chi connectivity index (χ0v) is 25.8. The second kappa shape index (κ2) is 11.6. The lowest BCUT2D eigenvalue weighted by atomic mass is 10.0. The molecule has 228 valence electrons. The molecule has 4 aromatic heterocycles. The number of thiazole rings is 2. The van der Waals surface area contributed by atoms with Crippen LogP contribution in [0.3, 0.4) is 0 Å². The highest BCUT2D eigenvalue weighted by Gasteiger charge is 2.55. The molecule has 6 rings (SSSR count). The van der Waals surface area contributed by atoms with Crippen LogP contribution in [0.1, 0.15) is 22.0 Å². The van der Waals surface area contributed by atoms with Gasteiger partial charge in [-0.3, -0.25) is 19.9 Å². The van der Waals surface area contributed by atoms with E-state index in [1.807, 2.05) is 21.6 Å². The smallest absolute Gasteiger partial charge is 0.352 e. The molecule has 0 unspecified atom stereocenters. The molecule has 0 aromatic carbocycles. The van der Waals surface area contributed by atoms with Gasteiger partial charge in [-0.05, 0) is 0 Å². The number of oxime groups is 1. The molecule has 44 heavy (non-hydrogen) atoms. The number of aliphatic carboxylic acids is 1. The second-order valence-corrected chi connectivity index (χ2v) is 13.2.